The molecule has 0 amide bonds. The third-order valence-corrected chi connectivity index (χ3v) is 6.23. The zero-order chi connectivity index (χ0) is 19.3. The molecule has 3 nitrogen and oxygen atoms in total. The molecule has 3 heterocycles. The lowest BCUT2D eigenvalue weighted by Gasteiger charge is -2.45. The molecule has 2 bridgehead atoms. The molecule has 3 saturated heterocycles. The molecule has 3 aliphatic rings. The highest BCUT2D eigenvalue weighted by Gasteiger charge is 2.35. The van der Waals surface area contributed by atoms with Crippen LogP contribution >= 0.6 is 0 Å². The van der Waals surface area contributed by atoms with E-state index < -0.39 is 0 Å². The third kappa shape index (κ3) is 5.15. The lowest BCUT2D eigenvalue weighted by Crippen LogP contribution is -2.52. The molecule has 0 radical (unpaired) electrons. The summed E-state index contributed by atoms with van der Waals surface area (Å²) in [6.45, 7) is 8.04. The van der Waals surface area contributed by atoms with Crippen molar-refractivity contribution < 1.29 is 9.47 Å². The van der Waals surface area contributed by atoms with Crippen LogP contribution in [-0.2, 0) is 11.2 Å². The number of ether oxygens (including phenoxy) is 2. The number of piperidine rings is 3. The van der Waals surface area contributed by atoms with Crippen LogP contribution in [0.25, 0.3) is 0 Å². The predicted molar refractivity (Wildman–Crippen MR) is 114 cm³/mol. The van der Waals surface area contributed by atoms with Crippen LogP contribution in [-0.4, -0.2) is 36.7 Å². The lowest BCUT2D eigenvalue weighted by atomic mass is 9.85. The van der Waals surface area contributed by atoms with E-state index in [9.17, 15) is 0 Å². The van der Waals surface area contributed by atoms with E-state index in [1.807, 2.05) is 12.1 Å². The summed E-state index contributed by atoms with van der Waals surface area (Å²) in [5.41, 5.74) is 2.58. The molecule has 0 saturated carbocycles. The molecule has 2 aromatic rings. The molecule has 2 unspecified atom stereocenters. The monoisotopic (exact) mass is 379 g/mol. The van der Waals surface area contributed by atoms with Gasteiger partial charge in [0.2, 0.25) is 0 Å². The molecule has 150 valence electrons. The summed E-state index contributed by atoms with van der Waals surface area (Å²) in [5, 5.41) is 0. The van der Waals surface area contributed by atoms with Gasteiger partial charge in [-0.05, 0) is 100 Å². The predicted octanol–water partition coefficient (Wildman–Crippen LogP) is 5.61. The van der Waals surface area contributed by atoms with Gasteiger partial charge in [0.15, 0.2) is 0 Å². The van der Waals surface area contributed by atoms with Crippen LogP contribution in [0.5, 0.6) is 11.5 Å². The Labute approximate surface area is 169 Å². The van der Waals surface area contributed by atoms with Crippen LogP contribution in [0, 0.1) is 12.8 Å². The highest BCUT2D eigenvalue weighted by Crippen LogP contribution is 2.30. The standard InChI is InChI=1S/C25H33NO2/c1-19-5-3-8-24(17-19)28-23-11-9-21(10-12-23)7-4-6-20(2)27-25-18-26-15-13-22(25)14-16-26/h3,5,8-12,17,20,22,25H,4,6-7,13-16,18H2,1-2H3. The number of hydrogen-bond donors (Lipinski definition) is 0. The van der Waals surface area contributed by atoms with Crippen molar-refractivity contribution in [2.24, 2.45) is 5.92 Å². The quantitative estimate of drug-likeness (QED) is 0.595. The first-order valence-corrected chi connectivity index (χ1v) is 10.9. The Morgan fingerprint density at radius 3 is 2.50 bits per heavy atom. The van der Waals surface area contributed by atoms with Gasteiger partial charge in [0.25, 0.3) is 0 Å². The summed E-state index contributed by atoms with van der Waals surface area (Å²) in [6, 6.07) is 16.7. The van der Waals surface area contributed by atoms with Crippen molar-refractivity contribution in [2.45, 2.75) is 58.2 Å². The summed E-state index contributed by atoms with van der Waals surface area (Å²) in [5.74, 6) is 2.59. The fourth-order valence-corrected chi connectivity index (χ4v) is 4.56. The van der Waals surface area contributed by atoms with Crippen molar-refractivity contribution in [2.75, 3.05) is 19.6 Å². The zero-order valence-electron chi connectivity index (χ0n) is 17.3. The van der Waals surface area contributed by atoms with Crippen LogP contribution in [0.2, 0.25) is 0 Å². The molecular formula is C25H33NO2. The Morgan fingerprint density at radius 2 is 1.82 bits per heavy atom. The normalized spacial score (nSPS) is 24.9. The highest BCUT2D eigenvalue weighted by atomic mass is 16.5. The summed E-state index contributed by atoms with van der Waals surface area (Å²) in [6.07, 6.45) is 6.87. The van der Waals surface area contributed by atoms with Gasteiger partial charge in [-0.25, -0.2) is 0 Å². The van der Waals surface area contributed by atoms with Gasteiger partial charge in [-0.3, -0.25) is 0 Å². The summed E-state index contributed by atoms with van der Waals surface area (Å²) in [7, 11) is 0. The SMILES string of the molecule is Cc1cccc(Oc2ccc(CCCC(C)OC3CN4CCC3CC4)cc2)c1. The van der Waals surface area contributed by atoms with Crippen LogP contribution < -0.4 is 4.74 Å². The van der Waals surface area contributed by atoms with E-state index in [2.05, 4.69) is 55.1 Å². The van der Waals surface area contributed by atoms with Gasteiger partial charge in [0.05, 0.1) is 12.2 Å². The topological polar surface area (TPSA) is 21.7 Å². The van der Waals surface area contributed by atoms with E-state index in [4.69, 9.17) is 9.47 Å². The fraction of sp³-hybridized carbons (Fsp3) is 0.520. The maximum atomic E-state index is 6.40. The number of nitrogens with zero attached hydrogens (tertiary/aromatic N) is 1. The molecule has 3 heteroatoms. The smallest absolute Gasteiger partial charge is 0.127 e. The number of fused-ring (bicyclic) bond motifs is 3. The Bertz CT molecular complexity index is 749. The Morgan fingerprint density at radius 1 is 1.04 bits per heavy atom. The van der Waals surface area contributed by atoms with Crippen molar-refractivity contribution in [3.8, 4) is 11.5 Å². The average molecular weight is 380 g/mol. The van der Waals surface area contributed by atoms with Crippen LogP contribution in [0.3, 0.4) is 0 Å². The first-order valence-electron chi connectivity index (χ1n) is 10.9. The molecule has 3 aliphatic heterocycles. The van der Waals surface area contributed by atoms with E-state index in [0.717, 1.165) is 36.8 Å². The lowest BCUT2D eigenvalue weighted by molar-refractivity contribution is -0.0993. The molecule has 2 aromatic carbocycles. The van der Waals surface area contributed by atoms with Gasteiger partial charge in [0.1, 0.15) is 11.5 Å². The second-order valence-electron chi connectivity index (χ2n) is 8.58. The van der Waals surface area contributed by atoms with E-state index >= 15 is 0 Å². The summed E-state index contributed by atoms with van der Waals surface area (Å²) < 4.78 is 12.3. The molecule has 0 N–H and O–H groups in total. The van der Waals surface area contributed by atoms with E-state index in [-0.39, 0.29) is 0 Å². The van der Waals surface area contributed by atoms with Crippen molar-refractivity contribution >= 4 is 0 Å². The van der Waals surface area contributed by atoms with Crippen molar-refractivity contribution in [1.29, 1.82) is 0 Å². The van der Waals surface area contributed by atoms with Crippen LogP contribution in [0.1, 0.15) is 43.7 Å². The minimum Gasteiger partial charge on any atom is -0.457 e. The van der Waals surface area contributed by atoms with Crippen molar-refractivity contribution in [1.82, 2.24) is 4.90 Å². The van der Waals surface area contributed by atoms with Gasteiger partial charge in [-0.15, -0.1) is 0 Å². The van der Waals surface area contributed by atoms with E-state index in [0.29, 0.717) is 12.2 Å². The zero-order valence-corrected chi connectivity index (χ0v) is 17.3. The van der Waals surface area contributed by atoms with E-state index in [1.165, 1.54) is 43.5 Å². The number of rotatable bonds is 8. The summed E-state index contributed by atoms with van der Waals surface area (Å²) in [4.78, 5) is 2.57. The molecule has 3 fully saturated rings. The highest BCUT2D eigenvalue weighted by molar-refractivity contribution is 5.34. The second-order valence-corrected chi connectivity index (χ2v) is 8.58. The minimum atomic E-state index is 0.356. The van der Waals surface area contributed by atoms with Crippen LogP contribution in [0.4, 0.5) is 0 Å². The van der Waals surface area contributed by atoms with Crippen LogP contribution in [0.15, 0.2) is 48.5 Å². The Hall–Kier alpha value is -1.84. The average Bonchev–Trinajstić information content (AvgIpc) is 2.70. The van der Waals surface area contributed by atoms with Crippen molar-refractivity contribution in [3.05, 3.63) is 59.7 Å². The largest absolute Gasteiger partial charge is 0.457 e. The maximum absolute atomic E-state index is 6.40. The maximum Gasteiger partial charge on any atom is 0.127 e. The Kier molecular flexibility index (Phi) is 6.33. The van der Waals surface area contributed by atoms with Gasteiger partial charge < -0.3 is 14.4 Å². The molecule has 2 atom stereocenters. The molecular weight excluding hydrogens is 346 g/mol. The second kappa shape index (κ2) is 9.11. The fourth-order valence-electron chi connectivity index (χ4n) is 4.56. The van der Waals surface area contributed by atoms with Gasteiger partial charge in [-0.2, -0.15) is 0 Å². The Balaban J connectivity index is 1.19. The third-order valence-electron chi connectivity index (χ3n) is 6.23. The van der Waals surface area contributed by atoms with Gasteiger partial charge in [-0.1, -0.05) is 24.3 Å². The first kappa shape index (κ1) is 19.5. The molecule has 0 aromatic heterocycles. The summed E-state index contributed by atoms with van der Waals surface area (Å²) >= 11 is 0. The molecule has 5 rings (SSSR count). The van der Waals surface area contributed by atoms with Gasteiger partial charge in [0, 0.05) is 6.54 Å². The molecule has 0 aliphatic carbocycles. The minimum absolute atomic E-state index is 0.356. The number of hydrogen-bond acceptors (Lipinski definition) is 3. The van der Waals surface area contributed by atoms with Gasteiger partial charge >= 0.3 is 0 Å². The van der Waals surface area contributed by atoms with Crippen molar-refractivity contribution in [3.63, 3.8) is 0 Å². The number of benzene rings is 2. The molecule has 28 heavy (non-hydrogen) atoms. The van der Waals surface area contributed by atoms with E-state index in [1.54, 1.807) is 0 Å². The first-order chi connectivity index (χ1) is 13.7. The molecule has 0 spiro atoms. The number of aryl methyl sites for hydroxylation is 2.